The van der Waals surface area contributed by atoms with Gasteiger partial charge in [0.15, 0.2) is 0 Å². The Morgan fingerprint density at radius 3 is 2.75 bits per heavy atom. The average molecular weight is 276 g/mol. The zero-order chi connectivity index (χ0) is 14.6. The number of hydrogen-bond acceptors (Lipinski definition) is 3. The van der Waals surface area contributed by atoms with Gasteiger partial charge in [-0.05, 0) is 57.7 Å². The maximum absolute atomic E-state index is 11.9. The highest BCUT2D eigenvalue weighted by atomic mass is 16.6. The Balaban J connectivity index is 2.09. The molecule has 1 amide bonds. The summed E-state index contributed by atoms with van der Waals surface area (Å²) in [6, 6.07) is 7.98. The Bertz CT molecular complexity index is 460. The molecule has 1 unspecified atom stereocenters. The van der Waals surface area contributed by atoms with Crippen molar-refractivity contribution >= 4 is 11.8 Å². The topological polar surface area (TPSA) is 50.4 Å². The van der Waals surface area contributed by atoms with Gasteiger partial charge in [-0.2, -0.15) is 0 Å². The molecule has 4 heteroatoms. The van der Waals surface area contributed by atoms with E-state index in [0.717, 1.165) is 25.2 Å². The Morgan fingerprint density at radius 2 is 2.10 bits per heavy atom. The van der Waals surface area contributed by atoms with Gasteiger partial charge in [0, 0.05) is 12.2 Å². The maximum atomic E-state index is 11.9. The van der Waals surface area contributed by atoms with E-state index in [-0.39, 0.29) is 0 Å². The van der Waals surface area contributed by atoms with Gasteiger partial charge >= 0.3 is 6.09 Å². The molecule has 4 nitrogen and oxygen atoms in total. The first-order chi connectivity index (χ1) is 9.46. The number of piperidine rings is 1. The molecule has 20 heavy (non-hydrogen) atoms. The molecule has 2 N–H and O–H groups in total. The van der Waals surface area contributed by atoms with Crippen LogP contribution in [0.2, 0.25) is 0 Å². The third-order valence-electron chi connectivity index (χ3n) is 3.33. The highest BCUT2D eigenvalue weighted by molar-refractivity contribution is 5.86. The second-order valence-electron chi connectivity index (χ2n) is 6.26. The molecule has 1 aliphatic heterocycles. The Hall–Kier alpha value is -1.55. The number of carbonyl (C=O) groups excluding carboxylic acids is 1. The molecule has 0 bridgehead atoms. The molecule has 1 atom stereocenters. The number of amides is 1. The van der Waals surface area contributed by atoms with Gasteiger partial charge in [-0.25, -0.2) is 4.79 Å². The summed E-state index contributed by atoms with van der Waals surface area (Å²) in [4.78, 5) is 11.9. The molecule has 0 aromatic heterocycles. The predicted molar refractivity (Wildman–Crippen MR) is 81.1 cm³/mol. The number of anilines is 1. The minimum absolute atomic E-state index is 0.395. The standard InChI is InChI=1S/C16H24N2O2/c1-16(2,3)20-15(19)18-14-9-5-4-8-13(14)12-7-6-10-17-11-12/h4-5,8-9,12,17H,6-7,10-11H2,1-3H3,(H,18,19). The fourth-order valence-electron chi connectivity index (χ4n) is 2.50. The van der Waals surface area contributed by atoms with Crippen molar-refractivity contribution in [2.24, 2.45) is 0 Å². The molecule has 2 rings (SSSR count). The van der Waals surface area contributed by atoms with Crippen molar-refractivity contribution in [3.8, 4) is 0 Å². The van der Waals surface area contributed by atoms with Gasteiger partial charge < -0.3 is 10.1 Å². The first-order valence-corrected chi connectivity index (χ1v) is 7.25. The molecule has 0 spiro atoms. The van der Waals surface area contributed by atoms with E-state index in [4.69, 9.17) is 4.74 Å². The van der Waals surface area contributed by atoms with Crippen LogP contribution in [-0.4, -0.2) is 24.8 Å². The van der Waals surface area contributed by atoms with Crippen molar-refractivity contribution in [2.45, 2.75) is 45.1 Å². The monoisotopic (exact) mass is 276 g/mol. The summed E-state index contributed by atoms with van der Waals surface area (Å²) in [6.45, 7) is 7.64. The number of nitrogens with one attached hydrogen (secondary N) is 2. The second kappa shape index (κ2) is 6.27. The first-order valence-electron chi connectivity index (χ1n) is 7.25. The quantitative estimate of drug-likeness (QED) is 0.869. The summed E-state index contributed by atoms with van der Waals surface area (Å²) in [6.07, 6.45) is 1.93. The SMILES string of the molecule is CC(C)(C)OC(=O)Nc1ccccc1C1CCCNC1. The Labute approximate surface area is 120 Å². The first kappa shape index (κ1) is 14.9. The number of hydrogen-bond donors (Lipinski definition) is 2. The highest BCUT2D eigenvalue weighted by Gasteiger charge is 2.21. The van der Waals surface area contributed by atoms with E-state index in [1.807, 2.05) is 39.0 Å². The van der Waals surface area contributed by atoms with Crippen molar-refractivity contribution in [3.05, 3.63) is 29.8 Å². The highest BCUT2D eigenvalue weighted by Crippen LogP contribution is 2.29. The van der Waals surface area contributed by atoms with Crippen molar-refractivity contribution in [1.82, 2.24) is 5.32 Å². The molecule has 1 fully saturated rings. The smallest absolute Gasteiger partial charge is 0.412 e. The van der Waals surface area contributed by atoms with Crippen molar-refractivity contribution in [3.63, 3.8) is 0 Å². The van der Waals surface area contributed by atoms with Gasteiger partial charge in [-0.3, -0.25) is 5.32 Å². The zero-order valence-corrected chi connectivity index (χ0v) is 12.5. The number of benzene rings is 1. The van der Waals surface area contributed by atoms with Gasteiger partial charge in [0.2, 0.25) is 0 Å². The minimum atomic E-state index is -0.481. The van der Waals surface area contributed by atoms with Crippen molar-refractivity contribution in [2.75, 3.05) is 18.4 Å². The summed E-state index contributed by atoms with van der Waals surface area (Å²) in [5.41, 5.74) is 1.56. The molecule has 1 aromatic rings. The molecule has 0 radical (unpaired) electrons. The molecular formula is C16H24N2O2. The molecule has 0 saturated carbocycles. The number of carbonyl (C=O) groups is 1. The summed E-state index contributed by atoms with van der Waals surface area (Å²) in [7, 11) is 0. The molecule has 110 valence electrons. The van der Waals surface area contributed by atoms with Crippen LogP contribution in [0.4, 0.5) is 10.5 Å². The van der Waals surface area contributed by atoms with Crippen LogP contribution in [-0.2, 0) is 4.74 Å². The van der Waals surface area contributed by atoms with Crippen molar-refractivity contribution < 1.29 is 9.53 Å². The lowest BCUT2D eigenvalue weighted by atomic mass is 9.90. The molecule has 1 heterocycles. The van der Waals surface area contributed by atoms with Crippen LogP contribution >= 0.6 is 0 Å². The van der Waals surface area contributed by atoms with Crippen LogP contribution in [0.3, 0.4) is 0 Å². The van der Waals surface area contributed by atoms with Crippen LogP contribution in [0, 0.1) is 0 Å². The largest absolute Gasteiger partial charge is 0.444 e. The number of ether oxygens (including phenoxy) is 1. The fourth-order valence-corrected chi connectivity index (χ4v) is 2.50. The third kappa shape index (κ3) is 4.23. The van der Waals surface area contributed by atoms with E-state index < -0.39 is 11.7 Å². The Kier molecular flexibility index (Phi) is 4.65. The van der Waals surface area contributed by atoms with Gasteiger partial charge in [0.25, 0.3) is 0 Å². The molecule has 1 aliphatic rings. The molecule has 0 aliphatic carbocycles. The van der Waals surface area contributed by atoms with Crippen LogP contribution < -0.4 is 10.6 Å². The molecule has 1 aromatic carbocycles. The minimum Gasteiger partial charge on any atom is -0.444 e. The fraction of sp³-hybridized carbons (Fsp3) is 0.562. The molecule has 1 saturated heterocycles. The summed E-state index contributed by atoms with van der Waals surface area (Å²) < 4.78 is 5.32. The van der Waals surface area contributed by atoms with E-state index in [9.17, 15) is 4.79 Å². The van der Waals surface area contributed by atoms with Crippen LogP contribution in [0.15, 0.2) is 24.3 Å². The summed E-state index contributed by atoms with van der Waals surface area (Å²) in [5, 5.41) is 6.28. The predicted octanol–water partition coefficient (Wildman–Crippen LogP) is 3.50. The van der Waals surface area contributed by atoms with E-state index >= 15 is 0 Å². The second-order valence-corrected chi connectivity index (χ2v) is 6.26. The average Bonchev–Trinajstić information content (AvgIpc) is 2.38. The zero-order valence-electron chi connectivity index (χ0n) is 12.5. The van der Waals surface area contributed by atoms with E-state index in [1.54, 1.807) is 0 Å². The van der Waals surface area contributed by atoms with Crippen molar-refractivity contribution in [1.29, 1.82) is 0 Å². The third-order valence-corrected chi connectivity index (χ3v) is 3.33. The lowest BCUT2D eigenvalue weighted by Crippen LogP contribution is -2.30. The van der Waals surface area contributed by atoms with E-state index in [1.165, 1.54) is 12.0 Å². The van der Waals surface area contributed by atoms with Crippen LogP contribution in [0.5, 0.6) is 0 Å². The van der Waals surface area contributed by atoms with Gasteiger partial charge in [0.05, 0.1) is 0 Å². The van der Waals surface area contributed by atoms with Crippen LogP contribution in [0.1, 0.15) is 45.1 Å². The van der Waals surface area contributed by atoms with Gasteiger partial charge in [-0.1, -0.05) is 18.2 Å². The summed E-state index contributed by atoms with van der Waals surface area (Å²) in [5.74, 6) is 0.454. The summed E-state index contributed by atoms with van der Waals surface area (Å²) >= 11 is 0. The number of rotatable bonds is 2. The van der Waals surface area contributed by atoms with Gasteiger partial charge in [0.1, 0.15) is 5.60 Å². The van der Waals surface area contributed by atoms with Gasteiger partial charge in [-0.15, -0.1) is 0 Å². The lowest BCUT2D eigenvalue weighted by molar-refractivity contribution is 0.0635. The Morgan fingerprint density at radius 1 is 1.35 bits per heavy atom. The van der Waals surface area contributed by atoms with Crippen LogP contribution in [0.25, 0.3) is 0 Å². The normalized spacial score (nSPS) is 19.4. The van der Waals surface area contributed by atoms with E-state index in [2.05, 4.69) is 16.7 Å². The lowest BCUT2D eigenvalue weighted by Gasteiger charge is -2.26. The maximum Gasteiger partial charge on any atom is 0.412 e. The number of para-hydroxylation sites is 1. The molecular weight excluding hydrogens is 252 g/mol. The van der Waals surface area contributed by atoms with E-state index in [0.29, 0.717) is 5.92 Å².